The first-order chi connectivity index (χ1) is 41.1. The molecular formula is C58H117O24S-. The fraction of sp³-hybridized carbons (Fsp3) is 1.00. The van der Waals surface area contributed by atoms with Gasteiger partial charge in [-0.25, -0.2) is 8.42 Å². The average molecular weight is 1230 g/mol. The first kappa shape index (κ1) is 82.1. The lowest BCUT2D eigenvalue weighted by Gasteiger charge is -2.09. The van der Waals surface area contributed by atoms with Gasteiger partial charge in [0, 0.05) is 6.61 Å². The van der Waals surface area contributed by atoms with E-state index in [0.29, 0.717) is 244 Å². The van der Waals surface area contributed by atoms with E-state index < -0.39 is 10.4 Å². The smallest absolute Gasteiger partial charge is 0.217 e. The quantitative estimate of drug-likeness (QED) is 0.0381. The summed E-state index contributed by atoms with van der Waals surface area (Å²) in [7, 11) is -4.69. The van der Waals surface area contributed by atoms with E-state index in [0.717, 1.165) is 13.0 Å². The summed E-state index contributed by atoms with van der Waals surface area (Å²) in [5.74, 6) is 0. The second-order valence-electron chi connectivity index (χ2n) is 18.8. The van der Waals surface area contributed by atoms with Gasteiger partial charge in [0.15, 0.2) is 0 Å². The molecule has 0 aliphatic rings. The van der Waals surface area contributed by atoms with E-state index in [1.165, 1.54) is 96.3 Å². The summed E-state index contributed by atoms with van der Waals surface area (Å²) in [5, 5.41) is 0. The molecule has 0 fully saturated rings. The number of hydrogen-bond donors (Lipinski definition) is 0. The lowest BCUT2D eigenvalue weighted by molar-refractivity contribution is -0.0314. The highest BCUT2D eigenvalue weighted by Gasteiger charge is 2.01. The molecule has 0 saturated heterocycles. The SMILES string of the molecule is CCCCCCCCCCCCCCCCCCOCCOCCOCCOCCOCCOCCOCCOCCOCCOCCOCCOCCOCCOCCOCCOCCOCCOCCOCCOCCOS(=O)(=O)[O-]. The van der Waals surface area contributed by atoms with Crippen molar-refractivity contribution in [2.45, 2.75) is 110 Å². The van der Waals surface area contributed by atoms with Crippen LogP contribution >= 0.6 is 0 Å². The van der Waals surface area contributed by atoms with E-state index in [9.17, 15) is 13.0 Å². The molecule has 0 aromatic heterocycles. The van der Waals surface area contributed by atoms with Crippen molar-refractivity contribution in [1.82, 2.24) is 0 Å². The highest BCUT2D eigenvalue weighted by atomic mass is 32.3. The van der Waals surface area contributed by atoms with Crippen LogP contribution in [0.1, 0.15) is 110 Å². The van der Waals surface area contributed by atoms with Crippen molar-refractivity contribution in [2.24, 2.45) is 0 Å². The Bertz CT molecular complexity index is 1270. The second kappa shape index (κ2) is 75.3. The lowest BCUT2D eigenvalue weighted by Crippen LogP contribution is -2.16. The van der Waals surface area contributed by atoms with Gasteiger partial charge in [-0.2, -0.15) is 0 Å². The molecule has 25 heteroatoms. The molecule has 500 valence electrons. The Balaban J connectivity index is 3.09. The zero-order valence-corrected chi connectivity index (χ0v) is 52.3. The minimum Gasteiger partial charge on any atom is -0.726 e. The molecule has 24 nitrogen and oxygen atoms in total. The Morgan fingerprint density at radius 3 is 0.446 bits per heavy atom. The van der Waals surface area contributed by atoms with Gasteiger partial charge in [0.05, 0.1) is 264 Å². The molecule has 0 saturated carbocycles. The van der Waals surface area contributed by atoms with Crippen molar-refractivity contribution >= 4 is 10.4 Å². The Kier molecular flexibility index (Phi) is 74.5. The summed E-state index contributed by atoms with van der Waals surface area (Å²) in [5.41, 5.74) is 0. The predicted octanol–water partition coefficient (Wildman–Crippen LogP) is 6.06. The molecule has 83 heavy (non-hydrogen) atoms. The van der Waals surface area contributed by atoms with E-state index in [1.54, 1.807) is 0 Å². The van der Waals surface area contributed by atoms with Crippen molar-refractivity contribution in [3.05, 3.63) is 0 Å². The van der Waals surface area contributed by atoms with Crippen LogP contribution in [-0.2, 0) is 109 Å². The summed E-state index contributed by atoms with van der Waals surface area (Å²) in [4.78, 5) is 0. The van der Waals surface area contributed by atoms with Crippen molar-refractivity contribution in [1.29, 1.82) is 0 Å². The molecule has 0 bridgehead atoms. The van der Waals surface area contributed by atoms with Crippen LogP contribution in [0.25, 0.3) is 0 Å². The third-order valence-electron chi connectivity index (χ3n) is 11.7. The lowest BCUT2D eigenvalue weighted by atomic mass is 10.0. The van der Waals surface area contributed by atoms with E-state index in [2.05, 4.69) is 11.1 Å². The normalized spacial score (nSPS) is 12.0. The number of hydrogen-bond acceptors (Lipinski definition) is 24. The fourth-order valence-corrected chi connectivity index (χ4v) is 7.50. The third-order valence-corrected chi connectivity index (χ3v) is 12.1. The standard InChI is InChI=1S/C58H118O24S/c1-2-3-4-5-6-7-8-9-10-11-12-13-14-15-16-17-18-62-19-20-63-21-22-64-23-24-65-25-26-66-27-28-67-29-30-68-31-32-69-33-34-70-35-36-71-37-38-72-39-40-73-41-42-74-43-44-75-45-46-76-47-48-77-49-50-78-51-52-79-53-54-80-55-56-81-57-58-82-83(59,60)61/h2-58H2,1H3,(H,59,60,61)/p-1. The highest BCUT2D eigenvalue weighted by Crippen LogP contribution is 2.14. The molecule has 0 heterocycles. The van der Waals surface area contributed by atoms with E-state index in [-0.39, 0.29) is 19.8 Å². The van der Waals surface area contributed by atoms with E-state index in [4.69, 9.17) is 94.7 Å². The molecule has 0 radical (unpaired) electrons. The maximum atomic E-state index is 10.3. The van der Waals surface area contributed by atoms with Crippen LogP contribution in [0.4, 0.5) is 0 Å². The van der Waals surface area contributed by atoms with Crippen LogP contribution in [0.15, 0.2) is 0 Å². The number of rotatable bonds is 78. The molecule has 0 aromatic rings. The first-order valence-corrected chi connectivity index (χ1v) is 32.5. The molecule has 0 N–H and O–H groups in total. The Labute approximate surface area is 501 Å². The van der Waals surface area contributed by atoms with Crippen molar-refractivity contribution < 1.29 is 112 Å². The fourth-order valence-electron chi connectivity index (χ4n) is 7.23. The molecule has 0 aliphatic carbocycles. The monoisotopic (exact) mass is 1230 g/mol. The van der Waals surface area contributed by atoms with Gasteiger partial charge in [0.25, 0.3) is 0 Å². The summed E-state index contributed by atoms with van der Waals surface area (Å²) in [6, 6.07) is 0. The van der Waals surface area contributed by atoms with Gasteiger partial charge in [-0.1, -0.05) is 103 Å². The first-order valence-electron chi connectivity index (χ1n) is 31.2. The van der Waals surface area contributed by atoms with Crippen LogP contribution in [0.5, 0.6) is 0 Å². The summed E-state index contributed by atoms with van der Waals surface area (Å²) >= 11 is 0. The topological polar surface area (TPSA) is 251 Å². The Morgan fingerprint density at radius 1 is 0.181 bits per heavy atom. The highest BCUT2D eigenvalue weighted by molar-refractivity contribution is 7.80. The molecule has 0 atom stereocenters. The molecule has 0 amide bonds. The predicted molar refractivity (Wildman–Crippen MR) is 312 cm³/mol. The van der Waals surface area contributed by atoms with Crippen molar-refractivity contribution in [2.75, 3.05) is 271 Å². The zero-order valence-electron chi connectivity index (χ0n) is 51.5. The third kappa shape index (κ3) is 81.1. The second-order valence-corrected chi connectivity index (χ2v) is 19.8. The summed E-state index contributed by atoms with van der Waals surface area (Å²) in [6.45, 7) is 20.9. The molecule has 0 rings (SSSR count). The summed E-state index contributed by atoms with van der Waals surface area (Å²) in [6.07, 6.45) is 22.1. The zero-order chi connectivity index (χ0) is 59.7. The molecule has 0 spiro atoms. The minimum atomic E-state index is -4.69. The van der Waals surface area contributed by atoms with Crippen LogP contribution in [0, 0.1) is 0 Å². The van der Waals surface area contributed by atoms with Crippen molar-refractivity contribution in [3.8, 4) is 0 Å². The van der Waals surface area contributed by atoms with Gasteiger partial charge in [0.1, 0.15) is 0 Å². The summed E-state index contributed by atoms with van der Waals surface area (Å²) < 4.78 is 145. The molecular weight excluding hydrogens is 1110 g/mol. The van der Waals surface area contributed by atoms with Crippen molar-refractivity contribution in [3.63, 3.8) is 0 Å². The minimum absolute atomic E-state index is 0.0157. The van der Waals surface area contributed by atoms with Gasteiger partial charge < -0.3 is 99.3 Å². The van der Waals surface area contributed by atoms with E-state index >= 15 is 0 Å². The van der Waals surface area contributed by atoms with Gasteiger partial charge in [-0.3, -0.25) is 4.18 Å². The molecule has 0 aliphatic heterocycles. The van der Waals surface area contributed by atoms with Gasteiger partial charge in [-0.05, 0) is 6.42 Å². The molecule has 0 aromatic carbocycles. The Hall–Kier alpha value is -0.930. The van der Waals surface area contributed by atoms with Crippen LogP contribution in [0.2, 0.25) is 0 Å². The maximum Gasteiger partial charge on any atom is 0.217 e. The van der Waals surface area contributed by atoms with Crippen LogP contribution < -0.4 is 0 Å². The van der Waals surface area contributed by atoms with E-state index in [1.807, 2.05) is 0 Å². The largest absolute Gasteiger partial charge is 0.726 e. The van der Waals surface area contributed by atoms with Gasteiger partial charge in [-0.15, -0.1) is 0 Å². The maximum absolute atomic E-state index is 10.3. The van der Waals surface area contributed by atoms with Gasteiger partial charge >= 0.3 is 0 Å². The number of ether oxygens (including phenoxy) is 20. The number of unbranched alkanes of at least 4 members (excludes halogenated alkanes) is 15. The molecule has 0 unspecified atom stereocenters. The van der Waals surface area contributed by atoms with Crippen LogP contribution in [-0.4, -0.2) is 284 Å². The van der Waals surface area contributed by atoms with Gasteiger partial charge in [0.2, 0.25) is 10.4 Å². The Morgan fingerprint density at radius 2 is 0.301 bits per heavy atom. The van der Waals surface area contributed by atoms with Crippen LogP contribution in [0.3, 0.4) is 0 Å². The average Bonchev–Trinajstić information content (AvgIpc) is 3.47.